The zero-order chi connectivity index (χ0) is 11.8. The second kappa shape index (κ2) is 3.56. The summed E-state index contributed by atoms with van der Waals surface area (Å²) in [5.74, 6) is 0.0832. The molecule has 0 amide bonds. The van der Waals surface area contributed by atoms with Crippen molar-refractivity contribution in [2.24, 2.45) is 5.73 Å². The number of amidine groups is 1. The number of rotatable bonds is 1. The van der Waals surface area contributed by atoms with Crippen molar-refractivity contribution in [3.05, 3.63) is 54.2 Å². The fourth-order valence-electron chi connectivity index (χ4n) is 2.03. The van der Waals surface area contributed by atoms with Gasteiger partial charge < -0.3 is 5.73 Å². The number of nitrogens with one attached hydrogen (secondary N) is 1. The molecular formula is C14H11N3. The van der Waals surface area contributed by atoms with Gasteiger partial charge in [0.15, 0.2) is 0 Å². The van der Waals surface area contributed by atoms with Crippen molar-refractivity contribution in [1.82, 2.24) is 4.98 Å². The van der Waals surface area contributed by atoms with E-state index in [4.69, 9.17) is 11.1 Å². The standard InChI is InChI=1S/C14H11N3/c15-14(16)9-5-6-13-12(7-9)11-4-2-1-3-10(11)8-17-13/h1-8H,(H3,15,16). The summed E-state index contributed by atoms with van der Waals surface area (Å²) in [6.45, 7) is 0. The molecule has 0 spiro atoms. The van der Waals surface area contributed by atoms with Gasteiger partial charge in [-0.15, -0.1) is 0 Å². The van der Waals surface area contributed by atoms with Crippen LogP contribution in [-0.2, 0) is 0 Å². The van der Waals surface area contributed by atoms with Crippen molar-refractivity contribution in [3.63, 3.8) is 0 Å². The first kappa shape index (κ1) is 9.78. The van der Waals surface area contributed by atoms with Crippen molar-refractivity contribution < 1.29 is 0 Å². The summed E-state index contributed by atoms with van der Waals surface area (Å²) in [7, 11) is 0. The van der Waals surface area contributed by atoms with Gasteiger partial charge in [-0.2, -0.15) is 0 Å². The summed E-state index contributed by atoms with van der Waals surface area (Å²) in [4.78, 5) is 4.40. The van der Waals surface area contributed by atoms with E-state index in [-0.39, 0.29) is 5.84 Å². The van der Waals surface area contributed by atoms with E-state index in [9.17, 15) is 0 Å². The number of aromatic nitrogens is 1. The highest BCUT2D eigenvalue weighted by atomic mass is 14.7. The normalized spacial score (nSPS) is 10.8. The lowest BCUT2D eigenvalue weighted by atomic mass is 10.0. The molecule has 0 radical (unpaired) electrons. The Morgan fingerprint density at radius 1 is 1.06 bits per heavy atom. The van der Waals surface area contributed by atoms with Crippen LogP contribution in [0.4, 0.5) is 0 Å². The number of nitrogens with two attached hydrogens (primary N) is 1. The van der Waals surface area contributed by atoms with Gasteiger partial charge in [-0.25, -0.2) is 0 Å². The predicted molar refractivity (Wildman–Crippen MR) is 70.3 cm³/mol. The molecule has 1 heterocycles. The highest BCUT2D eigenvalue weighted by molar-refractivity contribution is 6.08. The van der Waals surface area contributed by atoms with Gasteiger partial charge in [-0.3, -0.25) is 10.4 Å². The Balaban J connectivity index is 2.46. The average molecular weight is 221 g/mol. The van der Waals surface area contributed by atoms with Crippen molar-refractivity contribution >= 4 is 27.5 Å². The smallest absolute Gasteiger partial charge is 0.122 e. The maximum Gasteiger partial charge on any atom is 0.122 e. The molecule has 3 N–H and O–H groups in total. The summed E-state index contributed by atoms with van der Waals surface area (Å²) < 4.78 is 0. The summed E-state index contributed by atoms with van der Waals surface area (Å²) in [6, 6.07) is 13.7. The molecule has 2 aromatic carbocycles. The van der Waals surface area contributed by atoms with Crippen LogP contribution >= 0.6 is 0 Å². The first-order valence-corrected chi connectivity index (χ1v) is 5.37. The molecule has 0 bridgehead atoms. The topological polar surface area (TPSA) is 62.8 Å². The molecule has 0 aliphatic carbocycles. The molecule has 0 saturated carbocycles. The van der Waals surface area contributed by atoms with E-state index in [0.717, 1.165) is 27.2 Å². The van der Waals surface area contributed by atoms with E-state index in [0.29, 0.717) is 0 Å². The minimum absolute atomic E-state index is 0.0832. The molecule has 3 heteroatoms. The molecule has 1 aromatic heterocycles. The minimum atomic E-state index is 0.0832. The van der Waals surface area contributed by atoms with Gasteiger partial charge in [-0.1, -0.05) is 24.3 Å². The van der Waals surface area contributed by atoms with Gasteiger partial charge >= 0.3 is 0 Å². The molecular weight excluding hydrogens is 210 g/mol. The summed E-state index contributed by atoms with van der Waals surface area (Å²) in [5.41, 5.74) is 7.17. The summed E-state index contributed by atoms with van der Waals surface area (Å²) in [6.07, 6.45) is 1.87. The number of benzene rings is 2. The molecule has 0 unspecified atom stereocenters. The third-order valence-corrected chi connectivity index (χ3v) is 2.90. The number of fused-ring (bicyclic) bond motifs is 3. The maximum atomic E-state index is 7.48. The number of nitrogens with zero attached hydrogens (tertiary/aromatic N) is 1. The van der Waals surface area contributed by atoms with Crippen LogP contribution in [0.3, 0.4) is 0 Å². The van der Waals surface area contributed by atoms with E-state index in [1.807, 2.05) is 42.6 Å². The largest absolute Gasteiger partial charge is 0.384 e. The molecule has 82 valence electrons. The lowest BCUT2D eigenvalue weighted by molar-refractivity contribution is 1.41. The van der Waals surface area contributed by atoms with Gasteiger partial charge in [0.25, 0.3) is 0 Å². The first-order valence-electron chi connectivity index (χ1n) is 5.37. The quantitative estimate of drug-likeness (QED) is 0.377. The highest BCUT2D eigenvalue weighted by Gasteiger charge is 2.03. The van der Waals surface area contributed by atoms with Crippen LogP contribution in [0.5, 0.6) is 0 Å². The van der Waals surface area contributed by atoms with Crippen LogP contribution in [0.15, 0.2) is 48.7 Å². The fourth-order valence-corrected chi connectivity index (χ4v) is 2.03. The van der Waals surface area contributed by atoms with Crippen LogP contribution in [0, 0.1) is 5.41 Å². The monoisotopic (exact) mass is 221 g/mol. The van der Waals surface area contributed by atoms with Crippen LogP contribution in [0.25, 0.3) is 21.7 Å². The second-order valence-electron chi connectivity index (χ2n) is 3.99. The Morgan fingerprint density at radius 3 is 2.71 bits per heavy atom. The molecule has 0 aliphatic rings. The van der Waals surface area contributed by atoms with Crippen molar-refractivity contribution in [3.8, 4) is 0 Å². The second-order valence-corrected chi connectivity index (χ2v) is 3.99. The van der Waals surface area contributed by atoms with Crippen LogP contribution < -0.4 is 5.73 Å². The Kier molecular flexibility index (Phi) is 2.05. The molecule has 17 heavy (non-hydrogen) atoms. The molecule has 0 fully saturated rings. The lowest BCUT2D eigenvalue weighted by Gasteiger charge is -2.05. The third kappa shape index (κ3) is 1.52. The Labute approximate surface area is 98.4 Å². The van der Waals surface area contributed by atoms with E-state index in [1.54, 1.807) is 0 Å². The number of nitrogen functional groups attached to an aromatic ring is 1. The zero-order valence-corrected chi connectivity index (χ0v) is 9.14. The number of pyridine rings is 1. The van der Waals surface area contributed by atoms with Gasteiger partial charge in [-0.05, 0) is 23.6 Å². The Hall–Kier alpha value is -2.42. The number of hydrogen-bond acceptors (Lipinski definition) is 2. The number of hydrogen-bond donors (Lipinski definition) is 2. The highest BCUT2D eigenvalue weighted by Crippen LogP contribution is 2.23. The molecule has 0 aliphatic heterocycles. The average Bonchev–Trinajstić information content (AvgIpc) is 2.38. The van der Waals surface area contributed by atoms with Crippen molar-refractivity contribution in [1.29, 1.82) is 5.41 Å². The van der Waals surface area contributed by atoms with Crippen molar-refractivity contribution in [2.45, 2.75) is 0 Å². The van der Waals surface area contributed by atoms with Crippen LogP contribution in [0.2, 0.25) is 0 Å². The van der Waals surface area contributed by atoms with Gasteiger partial charge in [0, 0.05) is 22.5 Å². The molecule has 3 aromatic rings. The van der Waals surface area contributed by atoms with Crippen LogP contribution in [-0.4, -0.2) is 10.8 Å². The fraction of sp³-hybridized carbons (Fsp3) is 0. The first-order chi connectivity index (χ1) is 8.25. The Morgan fingerprint density at radius 2 is 1.88 bits per heavy atom. The van der Waals surface area contributed by atoms with Gasteiger partial charge in [0.05, 0.1) is 5.52 Å². The lowest BCUT2D eigenvalue weighted by Crippen LogP contribution is -2.10. The van der Waals surface area contributed by atoms with Crippen LogP contribution in [0.1, 0.15) is 5.56 Å². The molecule has 0 atom stereocenters. The molecule has 3 rings (SSSR count). The SMILES string of the molecule is N=C(N)c1ccc2ncc3ccccc3c2c1. The zero-order valence-electron chi connectivity index (χ0n) is 9.14. The van der Waals surface area contributed by atoms with Gasteiger partial charge in [0.1, 0.15) is 5.84 Å². The van der Waals surface area contributed by atoms with E-state index >= 15 is 0 Å². The molecule has 0 saturated heterocycles. The van der Waals surface area contributed by atoms with Crippen molar-refractivity contribution in [2.75, 3.05) is 0 Å². The third-order valence-electron chi connectivity index (χ3n) is 2.90. The van der Waals surface area contributed by atoms with E-state index in [2.05, 4.69) is 11.1 Å². The van der Waals surface area contributed by atoms with Gasteiger partial charge in [0.2, 0.25) is 0 Å². The van der Waals surface area contributed by atoms with E-state index in [1.165, 1.54) is 0 Å². The maximum absolute atomic E-state index is 7.48. The predicted octanol–water partition coefficient (Wildman–Crippen LogP) is 2.67. The Bertz CT molecular complexity index is 732. The minimum Gasteiger partial charge on any atom is -0.384 e. The molecule has 3 nitrogen and oxygen atoms in total. The van der Waals surface area contributed by atoms with E-state index < -0.39 is 0 Å². The summed E-state index contributed by atoms with van der Waals surface area (Å²) >= 11 is 0. The summed E-state index contributed by atoms with van der Waals surface area (Å²) in [5, 5.41) is 10.8.